The van der Waals surface area contributed by atoms with Crippen LogP contribution in [0.3, 0.4) is 0 Å². The minimum Gasteiger partial charge on any atom is -0.461 e. The molecule has 10 heteroatoms. The van der Waals surface area contributed by atoms with E-state index < -0.39 is 29.0 Å². The Morgan fingerprint density at radius 1 is 1.46 bits per heavy atom. The van der Waals surface area contributed by atoms with Crippen molar-refractivity contribution in [1.29, 1.82) is 0 Å². The van der Waals surface area contributed by atoms with Gasteiger partial charge in [0.05, 0.1) is 6.61 Å². The van der Waals surface area contributed by atoms with Gasteiger partial charge in [0.15, 0.2) is 5.92 Å². The molecular weight excluding hydrogens is 397 g/mol. The summed E-state index contributed by atoms with van der Waals surface area (Å²) >= 11 is 3.15. The number of nitrogens with zero attached hydrogens (tertiary/aromatic N) is 1. The maximum Gasteiger partial charge on any atom is 0.403 e. The lowest BCUT2D eigenvalue weighted by atomic mass is 9.90. The fraction of sp³-hybridized carbons (Fsp3) is 0.357. The van der Waals surface area contributed by atoms with Crippen LogP contribution in [-0.4, -0.2) is 34.7 Å². The first-order chi connectivity index (χ1) is 11.2. The average Bonchev–Trinajstić information content (AvgIpc) is 2.85. The molecule has 130 valence electrons. The number of rotatable bonds is 5. The highest BCUT2D eigenvalue weighted by atomic mass is 79.9. The highest BCUT2D eigenvalue weighted by molar-refractivity contribution is 9.10. The number of nitrogens with one attached hydrogen (secondary N) is 1. The lowest BCUT2D eigenvalue weighted by Gasteiger charge is -2.22. The molecule has 0 fully saturated rings. The predicted molar refractivity (Wildman–Crippen MR) is 82.2 cm³/mol. The van der Waals surface area contributed by atoms with Crippen LogP contribution in [0.25, 0.3) is 10.9 Å². The third-order valence-corrected chi connectivity index (χ3v) is 3.93. The number of esters is 1. The quantitative estimate of drug-likeness (QED) is 0.463. The van der Waals surface area contributed by atoms with E-state index in [2.05, 4.69) is 25.7 Å². The third kappa shape index (κ3) is 3.53. The second-order valence-corrected chi connectivity index (χ2v) is 5.85. The zero-order valence-corrected chi connectivity index (χ0v) is 13.8. The topological polar surface area (TPSA) is 85.2 Å². The number of halogens is 4. The van der Waals surface area contributed by atoms with Crippen molar-refractivity contribution in [2.45, 2.75) is 25.1 Å². The number of benzene rings is 1. The van der Waals surface area contributed by atoms with Crippen LogP contribution in [0.15, 0.2) is 28.9 Å². The summed E-state index contributed by atoms with van der Waals surface area (Å²) in [6.07, 6.45) is -3.98. The molecule has 0 aliphatic rings. The zero-order chi connectivity index (χ0) is 18.1. The smallest absolute Gasteiger partial charge is 0.403 e. The molecule has 1 aromatic heterocycles. The number of aromatic amines is 1. The van der Waals surface area contributed by atoms with Gasteiger partial charge in [-0.3, -0.25) is 10.1 Å². The van der Waals surface area contributed by atoms with Crippen molar-refractivity contribution in [2.75, 3.05) is 6.61 Å². The van der Waals surface area contributed by atoms with Gasteiger partial charge < -0.3 is 9.72 Å². The first kappa shape index (κ1) is 18.2. The van der Waals surface area contributed by atoms with Gasteiger partial charge in [-0.15, -0.1) is 0 Å². The number of ether oxygens (including phenoxy) is 1. The molecule has 0 radical (unpaired) electrons. The molecule has 1 heterocycles. The number of hydrogen-bond donors (Lipinski definition) is 1. The van der Waals surface area contributed by atoms with Gasteiger partial charge in [0, 0.05) is 26.5 Å². The fourth-order valence-electron chi connectivity index (χ4n) is 2.47. The van der Waals surface area contributed by atoms with E-state index in [0.29, 0.717) is 9.99 Å². The molecular formula is C14H12BrF3N2O4. The Balaban J connectivity index is 2.65. The van der Waals surface area contributed by atoms with Crippen molar-refractivity contribution in [1.82, 2.24) is 4.98 Å². The minimum absolute atomic E-state index is 0.142. The van der Waals surface area contributed by atoms with Gasteiger partial charge in [-0.25, -0.2) is 4.79 Å². The van der Waals surface area contributed by atoms with Gasteiger partial charge in [-0.2, -0.15) is 13.2 Å². The molecule has 2 rings (SSSR count). The average molecular weight is 409 g/mol. The van der Waals surface area contributed by atoms with E-state index in [-0.39, 0.29) is 17.6 Å². The van der Waals surface area contributed by atoms with Crippen molar-refractivity contribution < 1.29 is 27.6 Å². The Morgan fingerprint density at radius 3 is 2.67 bits per heavy atom. The van der Waals surface area contributed by atoms with Crippen LogP contribution in [0.2, 0.25) is 0 Å². The minimum atomic E-state index is -5.01. The predicted octanol–water partition coefficient (Wildman–Crippen LogP) is 3.78. The lowest BCUT2D eigenvalue weighted by Crippen LogP contribution is -2.43. The molecule has 0 saturated heterocycles. The van der Waals surface area contributed by atoms with Crippen LogP contribution >= 0.6 is 15.9 Å². The van der Waals surface area contributed by atoms with Gasteiger partial charge in [0.25, 0.3) is 0 Å². The number of carbonyl (C=O) groups is 1. The number of carbonyl (C=O) groups excluding carboxylic acids is 1. The summed E-state index contributed by atoms with van der Waals surface area (Å²) in [6, 6.07) is 1.97. The number of fused-ring (bicyclic) bond motifs is 1. The summed E-state index contributed by atoms with van der Waals surface area (Å²) in [6.45, 7) is 1.10. The van der Waals surface area contributed by atoms with E-state index >= 15 is 0 Å². The molecule has 1 aromatic carbocycles. The molecule has 0 amide bonds. The van der Waals surface area contributed by atoms with Crippen molar-refractivity contribution in [3.8, 4) is 0 Å². The highest BCUT2D eigenvalue weighted by Gasteiger charge is 2.56. The Morgan fingerprint density at radius 2 is 2.12 bits per heavy atom. The normalized spacial score (nSPS) is 14.4. The highest BCUT2D eigenvalue weighted by Crippen LogP contribution is 2.42. The van der Waals surface area contributed by atoms with Gasteiger partial charge >= 0.3 is 18.2 Å². The largest absolute Gasteiger partial charge is 0.461 e. The molecule has 0 aliphatic carbocycles. The Hall–Kier alpha value is -2.10. The Kier molecular flexibility index (Phi) is 5.16. The maximum absolute atomic E-state index is 13.6. The van der Waals surface area contributed by atoms with Crippen molar-refractivity contribution in [2.24, 2.45) is 0 Å². The van der Waals surface area contributed by atoms with Crippen molar-refractivity contribution >= 4 is 32.8 Å². The second kappa shape index (κ2) is 6.80. The monoisotopic (exact) mass is 408 g/mol. The van der Waals surface area contributed by atoms with E-state index in [0.717, 1.165) is 6.20 Å². The summed E-state index contributed by atoms with van der Waals surface area (Å²) in [4.78, 5) is 24.4. The Bertz CT molecular complexity index is 775. The lowest BCUT2D eigenvalue weighted by molar-refractivity contribution is -0.522. The van der Waals surface area contributed by atoms with Crippen LogP contribution in [0.4, 0.5) is 13.2 Å². The molecule has 0 saturated carbocycles. The van der Waals surface area contributed by atoms with Crippen molar-refractivity contribution in [3.63, 3.8) is 0 Å². The van der Waals surface area contributed by atoms with Crippen molar-refractivity contribution in [3.05, 3.63) is 44.5 Å². The molecule has 0 aliphatic heterocycles. The molecule has 0 spiro atoms. The third-order valence-electron chi connectivity index (χ3n) is 3.43. The molecule has 6 nitrogen and oxygen atoms in total. The SMILES string of the molecule is CCOC(=O)C(C(c1c[nH]c2ccc(Br)cc12)C(F)(F)F)[N+](=O)[O-]. The van der Waals surface area contributed by atoms with Crippen LogP contribution in [0.1, 0.15) is 18.4 Å². The first-order valence-corrected chi connectivity index (χ1v) is 7.59. The first-order valence-electron chi connectivity index (χ1n) is 6.80. The summed E-state index contributed by atoms with van der Waals surface area (Å²) in [5.74, 6) is -4.15. The summed E-state index contributed by atoms with van der Waals surface area (Å²) in [7, 11) is 0. The van der Waals surface area contributed by atoms with Gasteiger partial charge in [-0.05, 0) is 30.7 Å². The van der Waals surface area contributed by atoms with E-state index in [9.17, 15) is 28.1 Å². The molecule has 2 aromatic rings. The maximum atomic E-state index is 13.6. The number of alkyl halides is 3. The molecule has 2 atom stereocenters. The van der Waals surface area contributed by atoms with E-state index in [1.165, 1.54) is 19.1 Å². The van der Waals surface area contributed by atoms with Crippen LogP contribution < -0.4 is 0 Å². The molecule has 2 unspecified atom stereocenters. The number of H-pyrrole nitrogens is 1. The number of hydrogen-bond acceptors (Lipinski definition) is 4. The molecule has 0 bridgehead atoms. The molecule has 24 heavy (non-hydrogen) atoms. The Labute approximate surface area is 142 Å². The van der Waals surface area contributed by atoms with Crippen LogP contribution in [0, 0.1) is 10.1 Å². The van der Waals surface area contributed by atoms with Gasteiger partial charge in [0.1, 0.15) is 0 Å². The van der Waals surface area contributed by atoms with E-state index in [1.807, 2.05) is 0 Å². The van der Waals surface area contributed by atoms with E-state index in [1.54, 1.807) is 6.07 Å². The summed E-state index contributed by atoms with van der Waals surface area (Å²) < 4.78 is 45.7. The molecule has 1 N–H and O–H groups in total. The van der Waals surface area contributed by atoms with Gasteiger partial charge in [0.2, 0.25) is 0 Å². The van der Waals surface area contributed by atoms with Gasteiger partial charge in [-0.1, -0.05) is 15.9 Å². The number of aromatic nitrogens is 1. The summed E-state index contributed by atoms with van der Waals surface area (Å²) in [5.41, 5.74) is -0.0121. The zero-order valence-electron chi connectivity index (χ0n) is 12.3. The second-order valence-electron chi connectivity index (χ2n) is 4.94. The standard InChI is InChI=1S/C14H12BrF3N2O4/c1-2-24-13(21)12(20(22)23)11(14(16,17)18)9-6-19-10-4-3-7(15)5-8(9)10/h3-6,11-12,19H,2H2,1H3. The fourth-order valence-corrected chi connectivity index (χ4v) is 2.83. The van der Waals surface area contributed by atoms with E-state index in [4.69, 9.17) is 0 Å². The van der Waals surface area contributed by atoms with Crippen LogP contribution in [0.5, 0.6) is 0 Å². The number of nitro groups is 1. The van der Waals surface area contributed by atoms with Crippen LogP contribution in [-0.2, 0) is 9.53 Å². The summed E-state index contributed by atoms with van der Waals surface area (Å²) in [5, 5.41) is 11.3.